The van der Waals surface area contributed by atoms with E-state index in [9.17, 15) is 9.18 Å². The monoisotopic (exact) mass is 357 g/mol. The molecule has 1 heterocycles. The van der Waals surface area contributed by atoms with Crippen molar-refractivity contribution in [1.29, 1.82) is 0 Å². The average Bonchev–Trinajstić information content (AvgIpc) is 3.01. The zero-order valence-electron chi connectivity index (χ0n) is 15.1. The number of cyclic esters (lactones) is 1. The van der Waals surface area contributed by atoms with Crippen LogP contribution in [0.15, 0.2) is 42.5 Å². The predicted octanol–water partition coefficient (Wildman–Crippen LogP) is 3.15. The Hall–Kier alpha value is -2.44. The number of rotatable bonds is 7. The van der Waals surface area contributed by atoms with Gasteiger partial charge in [-0.3, -0.25) is 4.90 Å². The lowest BCUT2D eigenvalue weighted by Crippen LogP contribution is -2.29. The van der Waals surface area contributed by atoms with Crippen molar-refractivity contribution in [2.75, 3.05) is 31.6 Å². The molecule has 1 aliphatic rings. The summed E-state index contributed by atoms with van der Waals surface area (Å²) in [4.78, 5) is 13.5. The van der Waals surface area contributed by atoms with Gasteiger partial charge >= 0.3 is 6.09 Å². The van der Waals surface area contributed by atoms with E-state index in [0.717, 1.165) is 24.2 Å². The fourth-order valence-electron chi connectivity index (χ4n) is 3.04. The molecule has 138 valence electrons. The molecule has 2 aromatic carbocycles. The van der Waals surface area contributed by atoms with Crippen molar-refractivity contribution in [2.45, 2.75) is 19.6 Å². The van der Waals surface area contributed by atoms with Crippen molar-refractivity contribution < 1.29 is 13.9 Å². The van der Waals surface area contributed by atoms with Crippen LogP contribution in [0.25, 0.3) is 11.1 Å². The molecule has 0 radical (unpaired) electrons. The smallest absolute Gasteiger partial charge is 0.414 e. The second kappa shape index (κ2) is 8.29. The van der Waals surface area contributed by atoms with Gasteiger partial charge in [0.25, 0.3) is 0 Å². The number of hydrogen-bond acceptors (Lipinski definition) is 4. The number of likely N-dealkylation sites (N-methyl/N-ethyl adjacent to an activating group) is 1. The molecule has 0 aliphatic carbocycles. The van der Waals surface area contributed by atoms with Crippen molar-refractivity contribution in [3.8, 4) is 11.1 Å². The van der Waals surface area contributed by atoms with Crippen LogP contribution >= 0.6 is 0 Å². The molecule has 1 atom stereocenters. The number of nitrogens with zero attached hydrogens (tertiary/aromatic N) is 1. The first-order chi connectivity index (χ1) is 12.6. The van der Waals surface area contributed by atoms with Crippen LogP contribution in [-0.4, -0.2) is 38.9 Å². The van der Waals surface area contributed by atoms with Crippen molar-refractivity contribution >= 4 is 11.8 Å². The molecule has 0 bridgehead atoms. The second-order valence-corrected chi connectivity index (χ2v) is 6.32. The molecular formula is C20H24FN3O2. The van der Waals surface area contributed by atoms with Crippen LogP contribution in [0.5, 0.6) is 0 Å². The highest BCUT2D eigenvalue weighted by Crippen LogP contribution is 2.29. The van der Waals surface area contributed by atoms with Gasteiger partial charge < -0.3 is 15.4 Å². The number of amides is 1. The zero-order chi connectivity index (χ0) is 18.5. The second-order valence-electron chi connectivity index (χ2n) is 6.32. The average molecular weight is 357 g/mol. The highest BCUT2D eigenvalue weighted by molar-refractivity contribution is 5.90. The minimum absolute atomic E-state index is 0.223. The third-order valence-corrected chi connectivity index (χ3v) is 4.41. The Kier molecular flexibility index (Phi) is 5.85. The van der Waals surface area contributed by atoms with E-state index in [-0.39, 0.29) is 11.9 Å². The van der Waals surface area contributed by atoms with Crippen molar-refractivity contribution in [3.05, 3.63) is 53.8 Å². The molecule has 26 heavy (non-hydrogen) atoms. The molecule has 3 rings (SSSR count). The maximum absolute atomic E-state index is 14.7. The van der Waals surface area contributed by atoms with Gasteiger partial charge in [0, 0.05) is 18.7 Å². The van der Waals surface area contributed by atoms with Crippen LogP contribution in [0.1, 0.15) is 12.5 Å². The molecule has 5 nitrogen and oxygen atoms in total. The molecule has 0 saturated carbocycles. The summed E-state index contributed by atoms with van der Waals surface area (Å²) in [6.07, 6.45) is -0.662. The van der Waals surface area contributed by atoms with Gasteiger partial charge in [0.15, 0.2) is 0 Å². The summed E-state index contributed by atoms with van der Waals surface area (Å²) in [5.74, 6) is -0.355. The Morgan fingerprint density at radius 1 is 1.23 bits per heavy atom. The van der Waals surface area contributed by atoms with Gasteiger partial charge in [-0.25, -0.2) is 9.18 Å². The van der Waals surface area contributed by atoms with Crippen LogP contribution in [0.2, 0.25) is 0 Å². The van der Waals surface area contributed by atoms with Gasteiger partial charge in [0.1, 0.15) is 11.9 Å². The topological polar surface area (TPSA) is 53.6 Å². The molecule has 0 aromatic heterocycles. The van der Waals surface area contributed by atoms with Crippen LogP contribution in [0.4, 0.5) is 14.9 Å². The van der Waals surface area contributed by atoms with E-state index >= 15 is 0 Å². The molecular weight excluding hydrogens is 333 g/mol. The number of nitrogens with one attached hydrogen (secondary N) is 2. The summed E-state index contributed by atoms with van der Waals surface area (Å²) < 4.78 is 19.9. The van der Waals surface area contributed by atoms with Crippen LogP contribution in [0.3, 0.4) is 0 Å². The number of benzene rings is 2. The van der Waals surface area contributed by atoms with E-state index in [1.54, 1.807) is 19.2 Å². The summed E-state index contributed by atoms with van der Waals surface area (Å²) in [5, 5.41) is 6.24. The number of carbonyl (C=O) groups excluding carboxylic acids is 1. The Morgan fingerprint density at radius 3 is 2.65 bits per heavy atom. The molecule has 2 aromatic rings. The van der Waals surface area contributed by atoms with Gasteiger partial charge in [-0.05, 0) is 42.9 Å². The van der Waals surface area contributed by atoms with Crippen molar-refractivity contribution in [3.63, 3.8) is 0 Å². The lowest BCUT2D eigenvalue weighted by molar-refractivity contribution is 0.141. The summed E-state index contributed by atoms with van der Waals surface area (Å²) in [7, 11) is 1.80. The largest absolute Gasteiger partial charge is 0.443 e. The minimum atomic E-state index is -0.440. The van der Waals surface area contributed by atoms with Crippen molar-refractivity contribution in [2.24, 2.45) is 0 Å². The molecule has 1 amide bonds. The van der Waals surface area contributed by atoms with Gasteiger partial charge in [-0.1, -0.05) is 31.2 Å². The zero-order valence-corrected chi connectivity index (χ0v) is 15.1. The van der Waals surface area contributed by atoms with E-state index < -0.39 is 6.09 Å². The highest BCUT2D eigenvalue weighted by atomic mass is 19.1. The molecule has 1 unspecified atom stereocenters. The molecule has 2 N–H and O–H groups in total. The van der Waals surface area contributed by atoms with Gasteiger partial charge in [-0.2, -0.15) is 0 Å². The Labute approximate surface area is 153 Å². The van der Waals surface area contributed by atoms with E-state index in [2.05, 4.69) is 17.6 Å². The third-order valence-electron chi connectivity index (χ3n) is 4.41. The first-order valence-corrected chi connectivity index (χ1v) is 8.84. The van der Waals surface area contributed by atoms with Gasteiger partial charge in [-0.15, -0.1) is 0 Å². The molecule has 0 spiro atoms. The highest BCUT2D eigenvalue weighted by Gasteiger charge is 2.32. The molecule has 1 aliphatic heterocycles. The first-order valence-electron chi connectivity index (χ1n) is 8.84. The van der Waals surface area contributed by atoms with Crippen LogP contribution < -0.4 is 15.5 Å². The van der Waals surface area contributed by atoms with Gasteiger partial charge in [0.2, 0.25) is 0 Å². The SMILES string of the molecule is CCNCc1ccc(-c2ccc(N3CC(CNC)OC3=O)cc2F)cc1. The van der Waals surface area contributed by atoms with E-state index in [1.807, 2.05) is 24.3 Å². The maximum atomic E-state index is 14.7. The van der Waals surface area contributed by atoms with Gasteiger partial charge in [0.05, 0.1) is 12.2 Å². The standard InChI is InChI=1S/C20H24FN3O2/c1-3-23-11-14-4-6-15(7-5-14)18-9-8-16(10-19(18)21)24-13-17(12-22-2)26-20(24)25/h4-10,17,22-23H,3,11-13H2,1-2H3. The van der Waals surface area contributed by atoms with E-state index in [4.69, 9.17) is 4.74 Å². The summed E-state index contributed by atoms with van der Waals surface area (Å²) in [6.45, 7) is 4.75. The van der Waals surface area contributed by atoms with Crippen LogP contribution in [0, 0.1) is 5.82 Å². The first kappa shape index (κ1) is 18.4. The number of carbonyl (C=O) groups is 1. The fraction of sp³-hybridized carbons (Fsp3) is 0.350. The number of anilines is 1. The summed E-state index contributed by atoms with van der Waals surface area (Å²) >= 11 is 0. The Balaban J connectivity index is 1.76. The summed E-state index contributed by atoms with van der Waals surface area (Å²) in [6, 6.07) is 12.7. The fourth-order valence-corrected chi connectivity index (χ4v) is 3.04. The van der Waals surface area contributed by atoms with Crippen LogP contribution in [-0.2, 0) is 11.3 Å². The van der Waals surface area contributed by atoms with Crippen molar-refractivity contribution in [1.82, 2.24) is 10.6 Å². The lowest BCUT2D eigenvalue weighted by Gasteiger charge is -2.14. The Morgan fingerprint density at radius 2 is 2.00 bits per heavy atom. The molecule has 1 fully saturated rings. The predicted molar refractivity (Wildman–Crippen MR) is 101 cm³/mol. The number of ether oxygens (including phenoxy) is 1. The minimum Gasteiger partial charge on any atom is -0.443 e. The summed E-state index contributed by atoms with van der Waals surface area (Å²) in [5.41, 5.74) is 3.00. The molecule has 1 saturated heterocycles. The lowest BCUT2D eigenvalue weighted by atomic mass is 10.0. The Bertz CT molecular complexity index is 764. The maximum Gasteiger partial charge on any atom is 0.414 e. The third kappa shape index (κ3) is 4.03. The van der Waals surface area contributed by atoms with E-state index in [0.29, 0.717) is 24.3 Å². The molecule has 6 heteroatoms. The quantitative estimate of drug-likeness (QED) is 0.799. The number of halogens is 1. The number of hydrogen-bond donors (Lipinski definition) is 2. The normalized spacial score (nSPS) is 16.8. The van der Waals surface area contributed by atoms with E-state index in [1.165, 1.54) is 11.0 Å².